The first-order chi connectivity index (χ1) is 13.7. The molecule has 1 N–H and O–H groups in total. The van der Waals surface area contributed by atoms with Gasteiger partial charge in [0.15, 0.2) is 16.2 Å². The molecule has 2 aromatic rings. The third-order valence-electron chi connectivity index (χ3n) is 5.11. The Labute approximate surface area is 175 Å². The van der Waals surface area contributed by atoms with E-state index in [1.165, 1.54) is 25.4 Å². The van der Waals surface area contributed by atoms with E-state index in [-0.39, 0.29) is 6.42 Å². The maximum Gasteiger partial charge on any atom is 0.249 e. The van der Waals surface area contributed by atoms with Crippen LogP contribution < -0.4 is 19.1 Å². The summed E-state index contributed by atoms with van der Waals surface area (Å²) in [7, 11) is -0.958. The van der Waals surface area contributed by atoms with Crippen LogP contribution in [0.25, 0.3) is 0 Å². The van der Waals surface area contributed by atoms with Crippen LogP contribution in [0.1, 0.15) is 19.8 Å². The van der Waals surface area contributed by atoms with Crippen molar-refractivity contribution in [3.63, 3.8) is 0 Å². The molecule has 1 aliphatic heterocycles. The van der Waals surface area contributed by atoms with Crippen LogP contribution in [0.2, 0.25) is 5.02 Å². The van der Waals surface area contributed by atoms with Crippen LogP contribution >= 0.6 is 11.6 Å². The van der Waals surface area contributed by atoms with Gasteiger partial charge >= 0.3 is 0 Å². The van der Waals surface area contributed by atoms with E-state index < -0.39 is 20.7 Å². The molecule has 9 heteroatoms. The maximum absolute atomic E-state index is 13.4. The number of benzene rings is 2. The van der Waals surface area contributed by atoms with Gasteiger partial charge in [0.2, 0.25) is 15.9 Å². The largest absolute Gasteiger partial charge is 0.493 e. The van der Waals surface area contributed by atoms with Crippen LogP contribution in [0.15, 0.2) is 42.5 Å². The van der Waals surface area contributed by atoms with Gasteiger partial charge in [0.05, 0.1) is 19.9 Å². The van der Waals surface area contributed by atoms with Crippen molar-refractivity contribution < 1.29 is 22.7 Å². The van der Waals surface area contributed by atoms with E-state index in [1.54, 1.807) is 42.5 Å². The third-order valence-corrected chi connectivity index (χ3v) is 7.86. The normalized spacial score (nSPS) is 20.8. The van der Waals surface area contributed by atoms with Crippen molar-refractivity contribution in [1.82, 2.24) is 0 Å². The van der Waals surface area contributed by atoms with Crippen molar-refractivity contribution in [2.75, 3.05) is 30.4 Å². The minimum atomic E-state index is -3.96. The number of hydrogen-bond donors (Lipinski definition) is 1. The van der Waals surface area contributed by atoms with Crippen LogP contribution in [0, 0.1) is 0 Å². The van der Waals surface area contributed by atoms with E-state index in [9.17, 15) is 13.2 Å². The van der Waals surface area contributed by atoms with Gasteiger partial charge in [-0.2, -0.15) is 0 Å². The molecular formula is C20H23ClN2O5S. The number of nitrogens with zero attached hydrogens (tertiary/aromatic N) is 1. The number of anilines is 2. The number of amides is 1. The lowest BCUT2D eigenvalue weighted by Gasteiger charge is -2.39. The Morgan fingerprint density at radius 3 is 2.38 bits per heavy atom. The van der Waals surface area contributed by atoms with Gasteiger partial charge in [-0.15, -0.1) is 0 Å². The number of halogens is 1. The Bertz CT molecular complexity index is 1010. The van der Waals surface area contributed by atoms with Crippen molar-refractivity contribution in [2.24, 2.45) is 0 Å². The minimum Gasteiger partial charge on any atom is -0.493 e. The summed E-state index contributed by atoms with van der Waals surface area (Å²) < 4.78 is 36.8. The van der Waals surface area contributed by atoms with Crippen LogP contribution in [0.5, 0.6) is 11.5 Å². The second-order valence-corrected chi connectivity index (χ2v) is 9.64. The smallest absolute Gasteiger partial charge is 0.249 e. The molecular weight excluding hydrogens is 416 g/mol. The van der Waals surface area contributed by atoms with Gasteiger partial charge in [-0.25, -0.2) is 8.42 Å². The number of sulfonamides is 1. The van der Waals surface area contributed by atoms with Gasteiger partial charge in [-0.3, -0.25) is 9.10 Å². The lowest BCUT2D eigenvalue weighted by molar-refractivity contribution is -0.118. The van der Waals surface area contributed by atoms with Gasteiger partial charge in [0.1, 0.15) is 0 Å². The van der Waals surface area contributed by atoms with Gasteiger partial charge in [-0.05, 0) is 56.2 Å². The number of nitrogens with one attached hydrogen (secondary N) is 1. The van der Waals surface area contributed by atoms with Gasteiger partial charge in [0, 0.05) is 23.3 Å². The number of carbonyl (C=O) groups excluding carboxylic acids is 1. The second kappa shape index (κ2) is 8.12. The van der Waals surface area contributed by atoms with E-state index in [1.807, 2.05) is 0 Å². The fourth-order valence-electron chi connectivity index (χ4n) is 3.34. The topological polar surface area (TPSA) is 84.9 Å². The summed E-state index contributed by atoms with van der Waals surface area (Å²) in [6.45, 7) is 1.77. The number of hydrogen-bond acceptors (Lipinski definition) is 5. The standard InChI is InChI=1S/C20H23ClN2O5S/c1-20(19(24)22-15-7-10-17(27-2)18(13-15)28-3)11-4-12-23(29(20,25)26)16-8-5-14(21)6-9-16/h5-10,13H,4,11-12H2,1-3H3,(H,22,24)/t20-/m1/s1. The molecule has 29 heavy (non-hydrogen) atoms. The molecule has 1 atom stereocenters. The average Bonchev–Trinajstić information content (AvgIpc) is 2.70. The Balaban J connectivity index is 1.90. The van der Waals surface area contributed by atoms with Crippen molar-refractivity contribution in [3.8, 4) is 11.5 Å². The number of rotatable bonds is 5. The van der Waals surface area contributed by atoms with E-state index in [4.69, 9.17) is 21.1 Å². The molecule has 7 nitrogen and oxygen atoms in total. The summed E-state index contributed by atoms with van der Waals surface area (Å²) in [5.41, 5.74) is 0.909. The van der Waals surface area contributed by atoms with Crippen LogP contribution in [0.3, 0.4) is 0 Å². The first-order valence-corrected chi connectivity index (χ1v) is 10.9. The van der Waals surface area contributed by atoms with E-state index in [2.05, 4.69) is 5.32 Å². The van der Waals surface area contributed by atoms with Crippen molar-refractivity contribution in [3.05, 3.63) is 47.5 Å². The summed E-state index contributed by atoms with van der Waals surface area (Å²) in [6, 6.07) is 11.4. The molecule has 0 saturated carbocycles. The highest BCUT2D eigenvalue weighted by atomic mass is 35.5. The molecule has 0 unspecified atom stereocenters. The van der Waals surface area contributed by atoms with Crippen LogP contribution in [-0.4, -0.2) is 39.8 Å². The van der Waals surface area contributed by atoms with Gasteiger partial charge in [-0.1, -0.05) is 11.6 Å². The van der Waals surface area contributed by atoms with Crippen LogP contribution in [-0.2, 0) is 14.8 Å². The van der Waals surface area contributed by atoms with Crippen molar-refractivity contribution >= 4 is 38.9 Å². The zero-order chi connectivity index (χ0) is 21.2. The highest BCUT2D eigenvalue weighted by Gasteiger charge is 2.52. The molecule has 0 bridgehead atoms. The molecule has 1 aliphatic rings. The number of carbonyl (C=O) groups is 1. The molecule has 0 aliphatic carbocycles. The number of ether oxygens (including phenoxy) is 2. The summed E-state index contributed by atoms with van der Waals surface area (Å²) in [4.78, 5) is 13.1. The fourth-order valence-corrected chi connectivity index (χ4v) is 5.40. The molecule has 0 radical (unpaired) electrons. The zero-order valence-electron chi connectivity index (χ0n) is 16.4. The minimum absolute atomic E-state index is 0.221. The number of methoxy groups -OCH3 is 2. The first-order valence-electron chi connectivity index (χ1n) is 9.04. The molecule has 0 spiro atoms. The SMILES string of the molecule is COc1ccc(NC(=O)[C@@]2(C)CCCN(c3ccc(Cl)cc3)S2(=O)=O)cc1OC. The molecule has 1 heterocycles. The highest BCUT2D eigenvalue weighted by molar-refractivity contribution is 7.95. The molecule has 1 amide bonds. The van der Waals surface area contributed by atoms with Crippen molar-refractivity contribution in [2.45, 2.75) is 24.5 Å². The second-order valence-electron chi connectivity index (χ2n) is 6.91. The average molecular weight is 439 g/mol. The van der Waals surface area contributed by atoms with E-state index in [0.717, 1.165) is 0 Å². The molecule has 1 fully saturated rings. The Kier molecular flexibility index (Phi) is 5.95. The summed E-state index contributed by atoms with van der Waals surface area (Å²) in [6.07, 6.45) is 0.774. The predicted molar refractivity (Wildman–Crippen MR) is 114 cm³/mol. The Morgan fingerprint density at radius 1 is 1.10 bits per heavy atom. The lowest BCUT2D eigenvalue weighted by Crippen LogP contribution is -2.57. The van der Waals surface area contributed by atoms with Gasteiger partial charge < -0.3 is 14.8 Å². The third kappa shape index (κ3) is 3.86. The van der Waals surface area contributed by atoms with Crippen molar-refractivity contribution in [1.29, 1.82) is 0 Å². The quantitative estimate of drug-likeness (QED) is 0.769. The highest BCUT2D eigenvalue weighted by Crippen LogP contribution is 2.37. The summed E-state index contributed by atoms with van der Waals surface area (Å²) in [5, 5.41) is 3.22. The van der Waals surface area contributed by atoms with E-state index in [0.29, 0.717) is 40.9 Å². The zero-order valence-corrected chi connectivity index (χ0v) is 18.0. The summed E-state index contributed by atoms with van der Waals surface area (Å²) >= 11 is 5.91. The van der Waals surface area contributed by atoms with Gasteiger partial charge in [0.25, 0.3) is 0 Å². The molecule has 156 valence electrons. The Hall–Kier alpha value is -2.45. The predicted octanol–water partition coefficient (Wildman–Crippen LogP) is 3.68. The molecule has 1 saturated heterocycles. The monoisotopic (exact) mass is 438 g/mol. The lowest BCUT2D eigenvalue weighted by atomic mass is 10.0. The van der Waals surface area contributed by atoms with E-state index >= 15 is 0 Å². The first kappa shape index (κ1) is 21.3. The molecule has 3 rings (SSSR count). The molecule has 0 aromatic heterocycles. The molecule has 2 aromatic carbocycles. The fraction of sp³-hybridized carbons (Fsp3) is 0.350. The van der Waals surface area contributed by atoms with Crippen LogP contribution in [0.4, 0.5) is 11.4 Å². The maximum atomic E-state index is 13.4. The summed E-state index contributed by atoms with van der Waals surface area (Å²) in [5.74, 6) is 0.351. The Morgan fingerprint density at radius 2 is 1.76 bits per heavy atom.